The second kappa shape index (κ2) is 5.61. The lowest BCUT2D eigenvalue weighted by Crippen LogP contribution is -2.26. The summed E-state index contributed by atoms with van der Waals surface area (Å²) in [5.74, 6) is -1.06. The van der Waals surface area contributed by atoms with Gasteiger partial charge in [-0.1, -0.05) is 12.1 Å². The molecule has 0 aliphatic rings. The Hall–Kier alpha value is -2.23. The van der Waals surface area contributed by atoms with E-state index in [1.165, 1.54) is 36.4 Å². The third-order valence-corrected chi connectivity index (χ3v) is 2.80. The summed E-state index contributed by atoms with van der Waals surface area (Å²) < 4.78 is 25.8. The highest BCUT2D eigenvalue weighted by Gasteiger charge is 2.11. The van der Waals surface area contributed by atoms with Crippen molar-refractivity contribution in [3.63, 3.8) is 0 Å². The van der Waals surface area contributed by atoms with Gasteiger partial charge in [0.1, 0.15) is 11.6 Å². The highest BCUT2D eigenvalue weighted by atomic mass is 19.1. The van der Waals surface area contributed by atoms with Crippen molar-refractivity contribution in [1.82, 2.24) is 5.32 Å². The normalized spacial score (nSPS) is 11.9. The molecule has 1 atom stereocenters. The highest BCUT2D eigenvalue weighted by Crippen LogP contribution is 2.14. The number of carbonyl (C=O) groups excluding carboxylic acids is 1. The maximum Gasteiger partial charge on any atom is 0.251 e. The minimum atomic E-state index is -0.394. The van der Waals surface area contributed by atoms with Crippen molar-refractivity contribution in [1.29, 1.82) is 0 Å². The molecule has 0 saturated carbocycles. The Morgan fingerprint density at radius 3 is 2.37 bits per heavy atom. The average Bonchev–Trinajstić information content (AvgIpc) is 2.39. The van der Waals surface area contributed by atoms with Gasteiger partial charge in [0.25, 0.3) is 5.91 Å². The van der Waals surface area contributed by atoms with E-state index in [4.69, 9.17) is 0 Å². The summed E-state index contributed by atoms with van der Waals surface area (Å²) in [5, 5.41) is 2.73. The molecule has 4 heteroatoms. The molecule has 0 aliphatic heterocycles. The molecular formula is C15H13F2NO. The largest absolute Gasteiger partial charge is 0.346 e. The minimum absolute atomic E-state index is 0.322. The fourth-order valence-corrected chi connectivity index (χ4v) is 1.74. The van der Waals surface area contributed by atoms with Crippen LogP contribution < -0.4 is 5.32 Å². The van der Waals surface area contributed by atoms with Crippen LogP contribution in [0, 0.1) is 11.6 Å². The van der Waals surface area contributed by atoms with Crippen LogP contribution in [0.1, 0.15) is 28.9 Å². The fraction of sp³-hybridized carbons (Fsp3) is 0.133. The van der Waals surface area contributed by atoms with Crippen molar-refractivity contribution in [2.24, 2.45) is 0 Å². The van der Waals surface area contributed by atoms with E-state index in [1.807, 2.05) is 0 Å². The second-order valence-corrected chi connectivity index (χ2v) is 4.26. The Morgan fingerprint density at radius 2 is 1.74 bits per heavy atom. The van der Waals surface area contributed by atoms with Gasteiger partial charge in [0.2, 0.25) is 0 Å². The maximum atomic E-state index is 13.1. The number of hydrogen-bond acceptors (Lipinski definition) is 1. The van der Waals surface area contributed by atoms with E-state index in [2.05, 4.69) is 5.32 Å². The van der Waals surface area contributed by atoms with E-state index in [9.17, 15) is 13.6 Å². The molecule has 0 spiro atoms. The van der Waals surface area contributed by atoms with E-state index in [0.29, 0.717) is 11.1 Å². The van der Waals surface area contributed by atoms with Crippen LogP contribution in [-0.4, -0.2) is 5.91 Å². The number of amides is 1. The van der Waals surface area contributed by atoms with Crippen LogP contribution >= 0.6 is 0 Å². The first-order valence-electron chi connectivity index (χ1n) is 5.88. The van der Waals surface area contributed by atoms with E-state index in [-0.39, 0.29) is 17.8 Å². The zero-order valence-electron chi connectivity index (χ0n) is 10.4. The number of nitrogens with one attached hydrogen (secondary N) is 1. The molecule has 98 valence electrons. The summed E-state index contributed by atoms with van der Waals surface area (Å²) in [5.41, 5.74) is 1.04. The first kappa shape index (κ1) is 13.2. The zero-order chi connectivity index (χ0) is 13.8. The van der Waals surface area contributed by atoms with Crippen LogP contribution in [0.4, 0.5) is 8.78 Å². The molecular weight excluding hydrogens is 248 g/mol. The van der Waals surface area contributed by atoms with Crippen molar-refractivity contribution >= 4 is 5.91 Å². The molecule has 2 aromatic rings. The van der Waals surface area contributed by atoms with Crippen LogP contribution in [0.25, 0.3) is 0 Å². The summed E-state index contributed by atoms with van der Waals surface area (Å²) in [6.07, 6.45) is 0. The maximum absolute atomic E-state index is 13.1. The molecule has 0 fully saturated rings. The van der Waals surface area contributed by atoms with Gasteiger partial charge in [-0.3, -0.25) is 4.79 Å². The first-order valence-corrected chi connectivity index (χ1v) is 5.88. The summed E-state index contributed by atoms with van der Waals surface area (Å²) >= 11 is 0. The molecule has 0 radical (unpaired) electrons. The Morgan fingerprint density at radius 1 is 1.05 bits per heavy atom. The molecule has 19 heavy (non-hydrogen) atoms. The van der Waals surface area contributed by atoms with Crippen molar-refractivity contribution < 1.29 is 13.6 Å². The Labute approximate surface area is 110 Å². The third kappa shape index (κ3) is 3.37. The molecule has 2 rings (SSSR count). The SMILES string of the molecule is CC(NC(=O)c1ccc(F)cc1)c1cccc(F)c1. The van der Waals surface area contributed by atoms with E-state index in [1.54, 1.807) is 19.1 Å². The van der Waals surface area contributed by atoms with Crippen LogP contribution in [0.5, 0.6) is 0 Å². The Balaban J connectivity index is 2.08. The number of benzene rings is 2. The van der Waals surface area contributed by atoms with Crippen LogP contribution in [0.15, 0.2) is 48.5 Å². The molecule has 1 N–H and O–H groups in total. The molecule has 2 nitrogen and oxygen atoms in total. The van der Waals surface area contributed by atoms with Crippen molar-refractivity contribution in [2.45, 2.75) is 13.0 Å². The lowest BCUT2D eigenvalue weighted by molar-refractivity contribution is 0.0940. The van der Waals surface area contributed by atoms with Gasteiger partial charge in [0, 0.05) is 5.56 Å². The van der Waals surface area contributed by atoms with Crippen LogP contribution in [0.2, 0.25) is 0 Å². The summed E-state index contributed by atoms with van der Waals surface area (Å²) in [4.78, 5) is 11.9. The van der Waals surface area contributed by atoms with Crippen LogP contribution in [0.3, 0.4) is 0 Å². The van der Waals surface area contributed by atoms with E-state index < -0.39 is 5.82 Å². The van der Waals surface area contributed by atoms with E-state index >= 15 is 0 Å². The minimum Gasteiger partial charge on any atom is -0.346 e. The Bertz CT molecular complexity index is 581. The number of rotatable bonds is 3. The third-order valence-electron chi connectivity index (χ3n) is 2.80. The standard InChI is InChI=1S/C15H13F2NO/c1-10(12-3-2-4-14(17)9-12)18-15(19)11-5-7-13(16)8-6-11/h2-10H,1H3,(H,18,19). The first-order chi connectivity index (χ1) is 9.06. The van der Waals surface area contributed by atoms with Gasteiger partial charge < -0.3 is 5.32 Å². The summed E-state index contributed by atoms with van der Waals surface area (Å²) in [6.45, 7) is 1.76. The molecule has 1 unspecified atom stereocenters. The highest BCUT2D eigenvalue weighted by molar-refractivity contribution is 5.94. The predicted molar refractivity (Wildman–Crippen MR) is 68.7 cm³/mol. The van der Waals surface area contributed by atoms with Gasteiger partial charge in [0.15, 0.2) is 0 Å². The number of hydrogen-bond donors (Lipinski definition) is 1. The molecule has 2 aromatic carbocycles. The molecule has 0 heterocycles. The van der Waals surface area contributed by atoms with Gasteiger partial charge in [-0.15, -0.1) is 0 Å². The van der Waals surface area contributed by atoms with Gasteiger partial charge in [0.05, 0.1) is 6.04 Å². The van der Waals surface area contributed by atoms with Crippen LogP contribution in [-0.2, 0) is 0 Å². The summed E-state index contributed by atoms with van der Waals surface area (Å²) in [7, 11) is 0. The lowest BCUT2D eigenvalue weighted by Gasteiger charge is -2.14. The molecule has 0 bridgehead atoms. The summed E-state index contributed by atoms with van der Waals surface area (Å²) in [6, 6.07) is 11.0. The second-order valence-electron chi connectivity index (χ2n) is 4.26. The van der Waals surface area contributed by atoms with E-state index in [0.717, 1.165) is 0 Å². The van der Waals surface area contributed by atoms with Gasteiger partial charge in [-0.2, -0.15) is 0 Å². The van der Waals surface area contributed by atoms with Crippen molar-refractivity contribution in [3.05, 3.63) is 71.3 Å². The van der Waals surface area contributed by atoms with Gasteiger partial charge in [-0.25, -0.2) is 8.78 Å². The van der Waals surface area contributed by atoms with Gasteiger partial charge in [-0.05, 0) is 48.9 Å². The Kier molecular flexibility index (Phi) is 3.90. The smallest absolute Gasteiger partial charge is 0.251 e. The molecule has 0 aliphatic carbocycles. The molecule has 1 amide bonds. The quantitative estimate of drug-likeness (QED) is 0.900. The average molecular weight is 261 g/mol. The lowest BCUT2D eigenvalue weighted by atomic mass is 10.1. The predicted octanol–water partition coefficient (Wildman–Crippen LogP) is 3.46. The van der Waals surface area contributed by atoms with Crippen molar-refractivity contribution in [3.8, 4) is 0 Å². The topological polar surface area (TPSA) is 29.1 Å². The molecule has 0 saturated heterocycles. The number of halogens is 2. The molecule has 0 aromatic heterocycles. The zero-order valence-corrected chi connectivity index (χ0v) is 10.4. The number of carbonyl (C=O) groups is 1. The monoisotopic (exact) mass is 261 g/mol. The van der Waals surface area contributed by atoms with Crippen molar-refractivity contribution in [2.75, 3.05) is 0 Å². The fourth-order valence-electron chi connectivity index (χ4n) is 1.74. The van der Waals surface area contributed by atoms with Gasteiger partial charge >= 0.3 is 0 Å².